The van der Waals surface area contributed by atoms with Gasteiger partial charge in [0.05, 0.1) is 25.0 Å². The molecule has 1 aromatic carbocycles. The highest BCUT2D eigenvalue weighted by atomic mass is 32.2. The molecule has 0 spiro atoms. The molecular weight excluding hydrogens is 252 g/mol. The van der Waals surface area contributed by atoms with Gasteiger partial charge in [0.2, 0.25) is 0 Å². The molecular formula is C13H16O4S. The highest BCUT2D eigenvalue weighted by Gasteiger charge is 2.06. The number of ether oxygens (including phenoxy) is 2. The maximum absolute atomic E-state index is 11.3. The largest absolute Gasteiger partial charge is 0.465 e. The Hall–Kier alpha value is -1.49. The summed E-state index contributed by atoms with van der Waals surface area (Å²) in [5, 5.41) is 0. The van der Waals surface area contributed by atoms with Gasteiger partial charge < -0.3 is 9.47 Å². The van der Waals surface area contributed by atoms with E-state index in [1.54, 1.807) is 25.1 Å². The lowest BCUT2D eigenvalue weighted by molar-refractivity contribution is -0.139. The van der Waals surface area contributed by atoms with Crippen LogP contribution in [-0.2, 0) is 20.0 Å². The predicted molar refractivity (Wildman–Crippen MR) is 70.6 cm³/mol. The van der Waals surface area contributed by atoms with Gasteiger partial charge in [0.25, 0.3) is 0 Å². The number of hydrogen-bond donors (Lipinski definition) is 0. The van der Waals surface area contributed by atoms with Crippen LogP contribution in [0.25, 0.3) is 0 Å². The van der Waals surface area contributed by atoms with Crippen molar-refractivity contribution in [3.8, 4) is 0 Å². The number of benzene rings is 1. The minimum absolute atomic E-state index is 0.216. The molecule has 0 heterocycles. The third-order valence-electron chi connectivity index (χ3n) is 2.14. The molecule has 0 radical (unpaired) electrons. The van der Waals surface area contributed by atoms with E-state index in [0.717, 1.165) is 5.56 Å². The summed E-state index contributed by atoms with van der Waals surface area (Å²) in [4.78, 5) is 22.5. The molecule has 0 aliphatic carbocycles. The lowest BCUT2D eigenvalue weighted by atomic mass is 10.1. The van der Waals surface area contributed by atoms with Crippen LogP contribution in [-0.4, -0.2) is 31.4 Å². The maximum Gasteiger partial charge on any atom is 0.337 e. The zero-order chi connectivity index (χ0) is 13.4. The van der Waals surface area contributed by atoms with Crippen LogP contribution in [0.3, 0.4) is 0 Å². The lowest BCUT2D eigenvalue weighted by Gasteiger charge is -2.04. The van der Waals surface area contributed by atoms with Gasteiger partial charge in [0.1, 0.15) is 0 Å². The van der Waals surface area contributed by atoms with E-state index in [0.29, 0.717) is 23.7 Å². The van der Waals surface area contributed by atoms with Gasteiger partial charge in [0, 0.05) is 5.75 Å². The normalized spacial score (nSPS) is 9.89. The van der Waals surface area contributed by atoms with Crippen molar-refractivity contribution >= 4 is 23.7 Å². The van der Waals surface area contributed by atoms with Crippen LogP contribution in [0.2, 0.25) is 0 Å². The minimum atomic E-state index is -0.354. The van der Waals surface area contributed by atoms with E-state index in [1.165, 1.54) is 18.9 Å². The van der Waals surface area contributed by atoms with Gasteiger partial charge in [-0.25, -0.2) is 4.79 Å². The molecule has 4 nitrogen and oxygen atoms in total. The fourth-order valence-corrected chi connectivity index (χ4v) is 2.13. The zero-order valence-electron chi connectivity index (χ0n) is 10.5. The molecule has 18 heavy (non-hydrogen) atoms. The van der Waals surface area contributed by atoms with Gasteiger partial charge in [-0.1, -0.05) is 12.1 Å². The maximum atomic E-state index is 11.3. The Morgan fingerprint density at radius 3 is 2.78 bits per heavy atom. The molecule has 0 amide bonds. The van der Waals surface area contributed by atoms with Crippen molar-refractivity contribution in [1.82, 2.24) is 0 Å². The number of methoxy groups -OCH3 is 1. The summed E-state index contributed by atoms with van der Waals surface area (Å²) >= 11 is 1.46. The number of rotatable bonds is 6. The predicted octanol–water partition coefficient (Wildman–Crippen LogP) is 2.27. The molecule has 0 aromatic heterocycles. The first-order valence-corrected chi connectivity index (χ1v) is 6.73. The summed E-state index contributed by atoms with van der Waals surface area (Å²) in [6.45, 7) is 2.18. The van der Waals surface area contributed by atoms with Crippen LogP contribution in [0.1, 0.15) is 22.8 Å². The topological polar surface area (TPSA) is 52.6 Å². The van der Waals surface area contributed by atoms with E-state index in [1.807, 2.05) is 6.07 Å². The first kappa shape index (κ1) is 14.6. The van der Waals surface area contributed by atoms with E-state index in [4.69, 9.17) is 4.74 Å². The molecule has 0 bridgehead atoms. The standard InChI is InChI=1S/C13H16O4S/c1-3-17-12(14)9-18-8-10-5-4-6-11(7-10)13(15)16-2/h4-7H,3,8-9H2,1-2H3. The molecule has 0 unspecified atom stereocenters. The average Bonchev–Trinajstić information content (AvgIpc) is 2.38. The summed E-state index contributed by atoms with van der Waals surface area (Å²) in [6, 6.07) is 7.17. The second-order valence-corrected chi connectivity index (χ2v) is 4.48. The monoisotopic (exact) mass is 268 g/mol. The molecule has 0 fully saturated rings. The Morgan fingerprint density at radius 2 is 2.11 bits per heavy atom. The molecule has 0 saturated carbocycles. The Balaban J connectivity index is 2.47. The zero-order valence-corrected chi connectivity index (χ0v) is 11.3. The molecule has 1 aromatic rings. The van der Waals surface area contributed by atoms with Gasteiger partial charge in [-0.15, -0.1) is 11.8 Å². The number of thioether (sulfide) groups is 1. The second kappa shape index (κ2) is 7.76. The summed E-state index contributed by atoms with van der Waals surface area (Å²) < 4.78 is 9.47. The second-order valence-electron chi connectivity index (χ2n) is 3.49. The average molecular weight is 268 g/mol. The van der Waals surface area contributed by atoms with Crippen molar-refractivity contribution in [1.29, 1.82) is 0 Å². The summed E-state index contributed by atoms with van der Waals surface area (Å²) in [6.07, 6.45) is 0. The fraction of sp³-hybridized carbons (Fsp3) is 0.385. The molecule has 0 N–H and O–H groups in total. The minimum Gasteiger partial charge on any atom is -0.465 e. The molecule has 98 valence electrons. The number of esters is 2. The number of carbonyl (C=O) groups excluding carboxylic acids is 2. The van der Waals surface area contributed by atoms with Crippen molar-refractivity contribution < 1.29 is 19.1 Å². The molecule has 0 saturated heterocycles. The van der Waals surface area contributed by atoms with E-state index in [-0.39, 0.29) is 11.9 Å². The first-order chi connectivity index (χ1) is 8.67. The Morgan fingerprint density at radius 1 is 1.33 bits per heavy atom. The summed E-state index contributed by atoms with van der Waals surface area (Å²) in [7, 11) is 1.35. The highest BCUT2D eigenvalue weighted by Crippen LogP contribution is 2.14. The van der Waals surface area contributed by atoms with E-state index in [2.05, 4.69) is 4.74 Å². The van der Waals surface area contributed by atoms with Crippen LogP contribution < -0.4 is 0 Å². The van der Waals surface area contributed by atoms with Crippen LogP contribution in [0.15, 0.2) is 24.3 Å². The van der Waals surface area contributed by atoms with Crippen LogP contribution in [0, 0.1) is 0 Å². The third kappa shape index (κ3) is 4.79. The van der Waals surface area contributed by atoms with Gasteiger partial charge in [-0.2, -0.15) is 0 Å². The lowest BCUT2D eigenvalue weighted by Crippen LogP contribution is -2.07. The SMILES string of the molecule is CCOC(=O)CSCc1cccc(C(=O)OC)c1. The van der Waals surface area contributed by atoms with Crippen LogP contribution >= 0.6 is 11.8 Å². The van der Waals surface area contributed by atoms with Gasteiger partial charge in [-0.05, 0) is 24.6 Å². The molecule has 5 heteroatoms. The molecule has 0 aliphatic rings. The smallest absolute Gasteiger partial charge is 0.337 e. The van der Waals surface area contributed by atoms with Gasteiger partial charge >= 0.3 is 11.9 Å². The Kier molecular flexibility index (Phi) is 6.28. The van der Waals surface area contributed by atoms with Crippen LogP contribution in [0.4, 0.5) is 0 Å². The van der Waals surface area contributed by atoms with Crippen molar-refractivity contribution in [3.63, 3.8) is 0 Å². The van der Waals surface area contributed by atoms with Gasteiger partial charge in [0.15, 0.2) is 0 Å². The number of hydrogen-bond acceptors (Lipinski definition) is 5. The fourth-order valence-electron chi connectivity index (χ4n) is 1.36. The van der Waals surface area contributed by atoms with E-state index in [9.17, 15) is 9.59 Å². The van der Waals surface area contributed by atoms with Crippen molar-refractivity contribution in [2.24, 2.45) is 0 Å². The van der Waals surface area contributed by atoms with Crippen LogP contribution in [0.5, 0.6) is 0 Å². The number of carbonyl (C=O) groups is 2. The first-order valence-electron chi connectivity index (χ1n) is 5.58. The van der Waals surface area contributed by atoms with E-state index >= 15 is 0 Å². The third-order valence-corrected chi connectivity index (χ3v) is 3.12. The summed E-state index contributed by atoms with van der Waals surface area (Å²) in [5.41, 5.74) is 1.50. The Bertz CT molecular complexity index is 417. The molecule has 1 rings (SSSR count). The van der Waals surface area contributed by atoms with Gasteiger partial charge in [-0.3, -0.25) is 4.79 Å². The quantitative estimate of drug-likeness (QED) is 0.741. The van der Waals surface area contributed by atoms with Crippen molar-refractivity contribution in [2.75, 3.05) is 19.5 Å². The summed E-state index contributed by atoms with van der Waals surface area (Å²) in [5.74, 6) is 0.402. The Labute approximate surface area is 111 Å². The van der Waals surface area contributed by atoms with E-state index < -0.39 is 0 Å². The van der Waals surface area contributed by atoms with Crippen molar-refractivity contribution in [3.05, 3.63) is 35.4 Å². The van der Waals surface area contributed by atoms with Crippen molar-refractivity contribution in [2.45, 2.75) is 12.7 Å². The highest BCUT2D eigenvalue weighted by molar-refractivity contribution is 7.99. The molecule has 0 atom stereocenters. The molecule has 0 aliphatic heterocycles.